The number of para-hydroxylation sites is 1. The average molecular weight is 411 g/mol. The van der Waals surface area contributed by atoms with E-state index in [9.17, 15) is 9.59 Å². The minimum absolute atomic E-state index is 0.0323. The Bertz CT molecular complexity index is 1110. The van der Waals surface area contributed by atoms with Crippen molar-refractivity contribution in [3.63, 3.8) is 0 Å². The summed E-state index contributed by atoms with van der Waals surface area (Å²) in [4.78, 5) is 33.0. The fraction of sp³-hybridized carbons (Fsp3) is 0.409. The third kappa shape index (κ3) is 4.10. The second kappa shape index (κ2) is 7.71. The van der Waals surface area contributed by atoms with Crippen molar-refractivity contribution in [3.8, 4) is 0 Å². The van der Waals surface area contributed by atoms with Crippen molar-refractivity contribution >= 4 is 28.6 Å². The highest BCUT2D eigenvalue weighted by atomic mass is 32.2. The zero-order valence-corrected chi connectivity index (χ0v) is 17.8. The topological polar surface area (TPSA) is 79.8 Å². The zero-order chi connectivity index (χ0) is 20.6. The van der Waals surface area contributed by atoms with Gasteiger partial charge < -0.3 is 10.3 Å². The fourth-order valence-corrected chi connectivity index (χ4v) is 4.80. The minimum atomic E-state index is -0.173. The van der Waals surface area contributed by atoms with Crippen LogP contribution in [0.5, 0.6) is 0 Å². The Labute approximate surface area is 174 Å². The summed E-state index contributed by atoms with van der Waals surface area (Å²) in [5.41, 5.74) is 2.85. The summed E-state index contributed by atoms with van der Waals surface area (Å²) in [5.74, 6) is 0.668. The molecule has 3 heterocycles. The van der Waals surface area contributed by atoms with Crippen LogP contribution in [0.25, 0.3) is 10.9 Å². The van der Waals surface area contributed by atoms with Crippen molar-refractivity contribution in [2.24, 2.45) is 0 Å². The van der Waals surface area contributed by atoms with Crippen molar-refractivity contribution in [1.82, 2.24) is 19.9 Å². The van der Waals surface area contributed by atoms with Gasteiger partial charge in [0, 0.05) is 47.3 Å². The summed E-state index contributed by atoms with van der Waals surface area (Å²) in [6, 6.07) is 9.62. The molecule has 3 aromatic rings. The molecule has 7 heteroatoms. The molecule has 0 saturated carbocycles. The van der Waals surface area contributed by atoms with Crippen LogP contribution < -0.4 is 10.9 Å². The Balaban J connectivity index is 1.37. The van der Waals surface area contributed by atoms with E-state index in [1.165, 1.54) is 10.9 Å². The van der Waals surface area contributed by atoms with Crippen LogP contribution in [0.2, 0.25) is 0 Å². The second-order valence-electron chi connectivity index (χ2n) is 8.51. The van der Waals surface area contributed by atoms with E-state index in [1.54, 1.807) is 22.4 Å². The molecule has 4 rings (SSSR count). The van der Waals surface area contributed by atoms with E-state index in [2.05, 4.69) is 21.4 Å². The molecule has 152 valence electrons. The first-order valence-corrected chi connectivity index (χ1v) is 10.9. The molecule has 2 aromatic heterocycles. The maximum absolute atomic E-state index is 12.6. The Hall–Kier alpha value is -2.54. The Morgan fingerprint density at radius 1 is 1.34 bits per heavy atom. The van der Waals surface area contributed by atoms with Gasteiger partial charge in [-0.05, 0) is 18.1 Å². The lowest BCUT2D eigenvalue weighted by Gasteiger charge is -2.19. The lowest BCUT2D eigenvalue weighted by Crippen LogP contribution is -2.32. The fourth-order valence-electron chi connectivity index (χ4n) is 3.65. The van der Waals surface area contributed by atoms with Gasteiger partial charge in [0.25, 0.3) is 5.56 Å². The number of H-pyrrole nitrogens is 1. The van der Waals surface area contributed by atoms with Crippen LogP contribution in [-0.2, 0) is 16.6 Å². The molecular weight excluding hydrogens is 384 g/mol. The van der Waals surface area contributed by atoms with Crippen molar-refractivity contribution in [2.75, 3.05) is 12.3 Å². The molecule has 6 nitrogen and oxygen atoms in total. The van der Waals surface area contributed by atoms with Gasteiger partial charge in [-0.1, -0.05) is 50.7 Å². The highest BCUT2D eigenvalue weighted by Crippen LogP contribution is 2.33. The summed E-state index contributed by atoms with van der Waals surface area (Å²) in [5, 5.41) is 4.91. The highest BCUT2D eigenvalue weighted by Gasteiger charge is 2.29. The second-order valence-corrected chi connectivity index (χ2v) is 9.50. The number of rotatable bonds is 5. The Morgan fingerprint density at radius 3 is 2.93 bits per heavy atom. The lowest BCUT2D eigenvalue weighted by molar-refractivity contribution is -0.121. The highest BCUT2D eigenvalue weighted by molar-refractivity contribution is 7.99. The van der Waals surface area contributed by atoms with Crippen molar-refractivity contribution < 1.29 is 4.79 Å². The predicted octanol–water partition coefficient (Wildman–Crippen LogP) is 3.42. The number of hydrogen-bond donors (Lipinski definition) is 2. The number of aromatic nitrogens is 3. The Morgan fingerprint density at radius 2 is 2.14 bits per heavy atom. The monoisotopic (exact) mass is 410 g/mol. The number of thioether (sulfide) groups is 1. The molecule has 1 unspecified atom stereocenters. The molecule has 0 saturated heterocycles. The largest absolute Gasteiger partial charge is 0.361 e. The number of carbonyl (C=O) groups excluding carboxylic acids is 1. The molecule has 0 fully saturated rings. The zero-order valence-electron chi connectivity index (χ0n) is 17.0. The first kappa shape index (κ1) is 19.8. The van der Waals surface area contributed by atoms with Crippen LogP contribution >= 0.6 is 11.8 Å². The van der Waals surface area contributed by atoms with E-state index in [1.807, 2.05) is 45.2 Å². The third-order valence-corrected chi connectivity index (χ3v) is 6.37. The smallest absolute Gasteiger partial charge is 0.254 e. The number of fused-ring (bicyclic) bond motifs is 2. The van der Waals surface area contributed by atoms with Crippen LogP contribution in [0.1, 0.15) is 44.5 Å². The average Bonchev–Trinajstić information content (AvgIpc) is 3.26. The van der Waals surface area contributed by atoms with Crippen LogP contribution in [0, 0.1) is 0 Å². The number of aromatic amines is 1. The first-order valence-electron chi connectivity index (χ1n) is 9.91. The standard InChI is InChI=1S/C22H26N4O2S/c1-22(2,3)18-11-20(28)26-15(13-29-21(26)25-18)10-19(27)23-9-8-14-12-24-17-7-5-4-6-16(14)17/h4-7,11-12,15,24H,8-10,13H2,1-3H3,(H,23,27). The van der Waals surface area contributed by atoms with E-state index in [4.69, 9.17) is 0 Å². The molecule has 0 spiro atoms. The summed E-state index contributed by atoms with van der Waals surface area (Å²) >= 11 is 1.55. The molecule has 0 aliphatic carbocycles. The molecule has 0 bridgehead atoms. The first-order chi connectivity index (χ1) is 13.8. The SMILES string of the molecule is CC(C)(C)c1cc(=O)n2c(n1)SCC2CC(=O)NCCc1c[nH]c2ccccc12. The number of carbonyl (C=O) groups is 1. The van der Waals surface area contributed by atoms with Gasteiger partial charge in [0.15, 0.2) is 5.16 Å². The van der Waals surface area contributed by atoms with Gasteiger partial charge in [0.1, 0.15) is 0 Å². The van der Waals surface area contributed by atoms with Gasteiger partial charge in [-0.2, -0.15) is 0 Å². The Kier molecular flexibility index (Phi) is 5.25. The maximum Gasteiger partial charge on any atom is 0.254 e. The van der Waals surface area contributed by atoms with Gasteiger partial charge in [-0.3, -0.25) is 14.2 Å². The van der Waals surface area contributed by atoms with Gasteiger partial charge in [0.05, 0.1) is 11.7 Å². The molecule has 1 aliphatic heterocycles. The van der Waals surface area contributed by atoms with Gasteiger partial charge in [-0.15, -0.1) is 0 Å². The summed E-state index contributed by atoms with van der Waals surface area (Å²) in [7, 11) is 0. The molecule has 29 heavy (non-hydrogen) atoms. The maximum atomic E-state index is 12.6. The molecule has 2 N–H and O–H groups in total. The molecule has 1 atom stereocenters. The van der Waals surface area contributed by atoms with E-state index in [-0.39, 0.29) is 22.9 Å². The predicted molar refractivity (Wildman–Crippen MR) is 117 cm³/mol. The third-order valence-electron chi connectivity index (χ3n) is 5.27. The van der Waals surface area contributed by atoms with Crippen molar-refractivity contribution in [3.05, 3.63) is 58.1 Å². The summed E-state index contributed by atoms with van der Waals surface area (Å²) < 4.78 is 1.68. The van der Waals surface area contributed by atoms with E-state index in [0.717, 1.165) is 22.8 Å². The molecule has 0 radical (unpaired) electrons. The van der Waals surface area contributed by atoms with Gasteiger partial charge >= 0.3 is 0 Å². The molecule has 1 aliphatic rings. The number of benzene rings is 1. The van der Waals surface area contributed by atoms with E-state index in [0.29, 0.717) is 18.7 Å². The number of hydrogen-bond acceptors (Lipinski definition) is 4. The number of nitrogens with zero attached hydrogens (tertiary/aromatic N) is 2. The van der Waals surface area contributed by atoms with Crippen molar-refractivity contribution in [1.29, 1.82) is 0 Å². The minimum Gasteiger partial charge on any atom is -0.361 e. The van der Waals surface area contributed by atoms with E-state index < -0.39 is 0 Å². The summed E-state index contributed by atoms with van der Waals surface area (Å²) in [6.07, 6.45) is 3.06. The summed E-state index contributed by atoms with van der Waals surface area (Å²) in [6.45, 7) is 6.71. The van der Waals surface area contributed by atoms with Crippen LogP contribution in [0.15, 0.2) is 46.5 Å². The van der Waals surface area contributed by atoms with E-state index >= 15 is 0 Å². The number of amides is 1. The lowest BCUT2D eigenvalue weighted by atomic mass is 9.92. The quantitative estimate of drug-likeness (QED) is 0.632. The van der Waals surface area contributed by atoms with Crippen LogP contribution in [0.3, 0.4) is 0 Å². The van der Waals surface area contributed by atoms with Crippen molar-refractivity contribution in [2.45, 2.75) is 50.2 Å². The normalized spacial score (nSPS) is 16.2. The molecule has 1 aromatic carbocycles. The number of nitrogens with one attached hydrogen (secondary N) is 2. The van der Waals surface area contributed by atoms with Crippen LogP contribution in [0.4, 0.5) is 0 Å². The van der Waals surface area contributed by atoms with Gasteiger partial charge in [0.2, 0.25) is 5.91 Å². The van der Waals surface area contributed by atoms with Crippen LogP contribution in [-0.4, -0.2) is 32.7 Å². The molecule has 1 amide bonds. The molecular formula is C22H26N4O2S. The van der Waals surface area contributed by atoms with Gasteiger partial charge in [-0.25, -0.2) is 4.98 Å².